The van der Waals surface area contributed by atoms with Crippen LogP contribution in [0.5, 0.6) is 17.5 Å². The highest BCUT2D eigenvalue weighted by Gasteiger charge is 2.30. The van der Waals surface area contributed by atoms with Gasteiger partial charge in [-0.05, 0) is 48.5 Å². The molecule has 11 heteroatoms. The lowest BCUT2D eigenvalue weighted by molar-refractivity contribution is -0.137. The Morgan fingerprint density at radius 3 is 2.17 bits per heavy atom. The van der Waals surface area contributed by atoms with Crippen molar-refractivity contribution in [3.63, 3.8) is 0 Å². The smallest absolute Gasteiger partial charge is 0.416 e. The Morgan fingerprint density at radius 1 is 0.889 bits per heavy atom. The quantitative estimate of drug-likeness (QED) is 0.376. The molecular formula is C25H21F3N4O4. The maximum atomic E-state index is 12.9. The van der Waals surface area contributed by atoms with Crippen molar-refractivity contribution >= 4 is 11.6 Å². The first-order valence-corrected chi connectivity index (χ1v) is 10.6. The van der Waals surface area contributed by atoms with Crippen LogP contribution in [0.3, 0.4) is 0 Å². The largest absolute Gasteiger partial charge is 0.497 e. The molecule has 1 N–H and O–H groups in total. The van der Waals surface area contributed by atoms with E-state index < -0.39 is 11.7 Å². The highest BCUT2D eigenvalue weighted by Crippen LogP contribution is 2.32. The zero-order valence-corrected chi connectivity index (χ0v) is 19.5. The summed E-state index contributed by atoms with van der Waals surface area (Å²) in [4.78, 5) is 17.0. The number of halogens is 3. The lowest BCUT2D eigenvalue weighted by atomic mass is 10.1. The summed E-state index contributed by atoms with van der Waals surface area (Å²) in [5.74, 6) is 0.828. The first-order chi connectivity index (χ1) is 17.2. The number of ether oxygens (including phenoxy) is 3. The first-order valence-electron chi connectivity index (χ1n) is 10.6. The van der Waals surface area contributed by atoms with Gasteiger partial charge in [0, 0.05) is 17.3 Å². The van der Waals surface area contributed by atoms with E-state index in [4.69, 9.17) is 14.2 Å². The summed E-state index contributed by atoms with van der Waals surface area (Å²) in [5, 5.41) is 7.06. The van der Waals surface area contributed by atoms with Gasteiger partial charge in [-0.1, -0.05) is 12.1 Å². The number of benzene rings is 3. The predicted octanol–water partition coefficient (Wildman–Crippen LogP) is 5.23. The number of methoxy groups -OCH3 is 3. The highest BCUT2D eigenvalue weighted by molar-refractivity contribution is 6.06. The fourth-order valence-electron chi connectivity index (χ4n) is 3.43. The molecule has 4 aromatic rings. The van der Waals surface area contributed by atoms with Crippen LogP contribution in [0.15, 0.2) is 66.7 Å². The SMILES string of the molecule is COc1ccc(C(=O)Nc2ccc(-n3nc(OC)nc3-c3ccc(C(F)(F)F)cc3)cc2)c(OC)c1. The van der Waals surface area contributed by atoms with Crippen LogP contribution in [0.25, 0.3) is 17.1 Å². The minimum atomic E-state index is -4.44. The third-order valence-corrected chi connectivity index (χ3v) is 5.26. The monoisotopic (exact) mass is 498 g/mol. The lowest BCUT2D eigenvalue weighted by Crippen LogP contribution is -2.13. The Kier molecular flexibility index (Phi) is 6.82. The lowest BCUT2D eigenvalue weighted by Gasteiger charge is -2.12. The third-order valence-electron chi connectivity index (χ3n) is 5.26. The molecule has 0 atom stereocenters. The fourth-order valence-corrected chi connectivity index (χ4v) is 3.43. The number of anilines is 1. The average molecular weight is 498 g/mol. The van der Waals surface area contributed by atoms with Crippen molar-refractivity contribution in [2.45, 2.75) is 6.18 Å². The van der Waals surface area contributed by atoms with E-state index in [1.807, 2.05) is 0 Å². The molecule has 8 nitrogen and oxygen atoms in total. The maximum absolute atomic E-state index is 12.9. The van der Waals surface area contributed by atoms with E-state index in [1.165, 1.54) is 38.1 Å². The van der Waals surface area contributed by atoms with Crippen LogP contribution in [0.2, 0.25) is 0 Å². The number of rotatable bonds is 7. The van der Waals surface area contributed by atoms with Crippen LogP contribution in [0.1, 0.15) is 15.9 Å². The molecule has 1 heterocycles. The normalized spacial score (nSPS) is 11.2. The van der Waals surface area contributed by atoms with Crippen molar-refractivity contribution < 1.29 is 32.2 Å². The second kappa shape index (κ2) is 9.98. The zero-order chi connectivity index (χ0) is 25.9. The Morgan fingerprint density at radius 2 is 1.58 bits per heavy atom. The van der Waals surface area contributed by atoms with Crippen molar-refractivity contribution in [1.82, 2.24) is 14.8 Å². The molecule has 0 aliphatic heterocycles. The number of aromatic nitrogens is 3. The van der Waals surface area contributed by atoms with Crippen molar-refractivity contribution in [2.75, 3.05) is 26.6 Å². The van der Waals surface area contributed by atoms with Crippen LogP contribution in [0.4, 0.5) is 18.9 Å². The average Bonchev–Trinajstić information content (AvgIpc) is 3.33. The summed E-state index contributed by atoms with van der Waals surface area (Å²) in [6.07, 6.45) is -4.44. The predicted molar refractivity (Wildman–Crippen MR) is 126 cm³/mol. The molecular weight excluding hydrogens is 477 g/mol. The molecule has 3 aromatic carbocycles. The molecule has 0 saturated heterocycles. The third kappa shape index (κ3) is 5.09. The van der Waals surface area contributed by atoms with Crippen LogP contribution >= 0.6 is 0 Å². The van der Waals surface area contributed by atoms with Gasteiger partial charge in [0.1, 0.15) is 11.5 Å². The molecule has 4 rings (SSSR count). The van der Waals surface area contributed by atoms with E-state index in [0.717, 1.165) is 12.1 Å². The van der Waals surface area contributed by atoms with Gasteiger partial charge in [0.15, 0.2) is 5.82 Å². The van der Waals surface area contributed by atoms with Crippen molar-refractivity contribution in [3.05, 3.63) is 77.9 Å². The number of carbonyl (C=O) groups excluding carboxylic acids is 1. The molecule has 1 aromatic heterocycles. The van der Waals surface area contributed by atoms with Gasteiger partial charge in [0.2, 0.25) is 0 Å². The molecule has 0 radical (unpaired) electrons. The van der Waals surface area contributed by atoms with Gasteiger partial charge < -0.3 is 19.5 Å². The zero-order valence-electron chi connectivity index (χ0n) is 19.5. The second-order valence-corrected chi connectivity index (χ2v) is 7.48. The molecule has 0 bridgehead atoms. The molecule has 1 amide bonds. The summed E-state index contributed by atoms with van der Waals surface area (Å²) < 4.78 is 55.8. The molecule has 36 heavy (non-hydrogen) atoms. The summed E-state index contributed by atoms with van der Waals surface area (Å²) in [7, 11) is 4.37. The molecule has 0 fully saturated rings. The summed E-state index contributed by atoms with van der Waals surface area (Å²) in [6, 6.07) is 16.2. The van der Waals surface area contributed by atoms with Crippen molar-refractivity contribution in [2.24, 2.45) is 0 Å². The number of amides is 1. The standard InChI is InChI=1S/C25H21F3N4O4/c1-34-19-12-13-20(21(14-19)35-2)23(33)29-17-8-10-18(11-9-17)32-22(30-24(31-32)36-3)15-4-6-16(7-5-15)25(26,27)28/h4-14H,1-3H3,(H,29,33). The van der Waals surface area contributed by atoms with Gasteiger partial charge in [0.25, 0.3) is 5.91 Å². The van der Waals surface area contributed by atoms with E-state index in [2.05, 4.69) is 15.4 Å². The van der Waals surface area contributed by atoms with E-state index in [0.29, 0.717) is 39.8 Å². The summed E-state index contributed by atoms with van der Waals surface area (Å²) in [6.45, 7) is 0. The number of hydrogen-bond acceptors (Lipinski definition) is 6. The molecule has 0 spiro atoms. The topological polar surface area (TPSA) is 87.5 Å². The Bertz CT molecular complexity index is 1370. The van der Waals surface area contributed by atoms with E-state index in [1.54, 1.807) is 42.5 Å². The molecule has 186 valence electrons. The second-order valence-electron chi connectivity index (χ2n) is 7.48. The number of alkyl halides is 3. The van der Waals surface area contributed by atoms with Crippen LogP contribution in [0, 0.1) is 0 Å². The molecule has 0 unspecified atom stereocenters. The summed E-state index contributed by atoms with van der Waals surface area (Å²) >= 11 is 0. The molecule has 0 aliphatic rings. The van der Waals surface area contributed by atoms with Gasteiger partial charge >= 0.3 is 12.2 Å². The van der Waals surface area contributed by atoms with Gasteiger partial charge in [0.05, 0.1) is 38.1 Å². The van der Waals surface area contributed by atoms with Crippen molar-refractivity contribution in [1.29, 1.82) is 0 Å². The Hall–Kier alpha value is -4.54. The van der Waals surface area contributed by atoms with E-state index >= 15 is 0 Å². The minimum absolute atomic E-state index is 0.0499. The fraction of sp³-hybridized carbons (Fsp3) is 0.160. The van der Waals surface area contributed by atoms with Crippen LogP contribution in [-0.4, -0.2) is 42.0 Å². The maximum Gasteiger partial charge on any atom is 0.416 e. The number of carbonyl (C=O) groups is 1. The van der Waals surface area contributed by atoms with Gasteiger partial charge in [-0.25, -0.2) is 4.68 Å². The Labute approximate surface area is 204 Å². The first kappa shape index (κ1) is 24.6. The highest BCUT2D eigenvalue weighted by atomic mass is 19.4. The summed E-state index contributed by atoms with van der Waals surface area (Å²) in [5.41, 5.74) is 1.04. The minimum Gasteiger partial charge on any atom is -0.497 e. The van der Waals surface area contributed by atoms with Gasteiger partial charge in [-0.3, -0.25) is 4.79 Å². The van der Waals surface area contributed by atoms with Gasteiger partial charge in [-0.15, -0.1) is 5.10 Å². The van der Waals surface area contributed by atoms with E-state index in [9.17, 15) is 18.0 Å². The Balaban J connectivity index is 1.59. The number of hydrogen-bond donors (Lipinski definition) is 1. The van der Waals surface area contributed by atoms with Crippen LogP contribution in [-0.2, 0) is 6.18 Å². The molecule has 0 aliphatic carbocycles. The number of nitrogens with one attached hydrogen (secondary N) is 1. The van der Waals surface area contributed by atoms with Crippen LogP contribution < -0.4 is 19.5 Å². The van der Waals surface area contributed by atoms with E-state index in [-0.39, 0.29) is 11.9 Å². The number of nitrogens with zero attached hydrogens (tertiary/aromatic N) is 3. The van der Waals surface area contributed by atoms with Crippen molar-refractivity contribution in [3.8, 4) is 34.6 Å². The molecule has 0 saturated carbocycles. The van der Waals surface area contributed by atoms with Gasteiger partial charge in [-0.2, -0.15) is 18.2 Å².